The van der Waals surface area contributed by atoms with Crippen molar-refractivity contribution in [2.45, 2.75) is 26.9 Å². The van der Waals surface area contributed by atoms with Gasteiger partial charge in [0.15, 0.2) is 11.8 Å². The van der Waals surface area contributed by atoms with Crippen LogP contribution in [0.4, 0.5) is 4.39 Å². The van der Waals surface area contributed by atoms with Crippen LogP contribution in [-0.4, -0.2) is 27.3 Å². The molecule has 0 radical (unpaired) electrons. The van der Waals surface area contributed by atoms with Gasteiger partial charge in [-0.2, -0.15) is 0 Å². The molecule has 0 atom stereocenters. The number of hydrogen-bond donors (Lipinski definition) is 2. The Bertz CT molecular complexity index is 904. The van der Waals surface area contributed by atoms with Gasteiger partial charge in [-0.15, -0.1) is 10.2 Å². The van der Waals surface area contributed by atoms with Gasteiger partial charge in [0, 0.05) is 12.2 Å². The van der Waals surface area contributed by atoms with Crippen molar-refractivity contribution in [1.29, 1.82) is 0 Å². The molecule has 0 aliphatic carbocycles. The van der Waals surface area contributed by atoms with Crippen LogP contribution in [0.15, 0.2) is 59.9 Å². The predicted molar refractivity (Wildman–Crippen MR) is 104 cm³/mol. The van der Waals surface area contributed by atoms with Crippen LogP contribution in [0.25, 0.3) is 5.69 Å². The molecule has 3 rings (SSSR count). The molecule has 1 aromatic heterocycles. The summed E-state index contributed by atoms with van der Waals surface area (Å²) in [6.45, 7) is 5.43. The highest BCUT2D eigenvalue weighted by molar-refractivity contribution is 5.79. The van der Waals surface area contributed by atoms with E-state index in [1.54, 1.807) is 19.3 Å². The standard InChI is InChI=1S/C20H23FN6/c1-3-22-20(23-12-16-9-10-18(21)15(2)11-16)24-13-19-26-25-14-27(19)17-7-5-4-6-8-17/h4-11,14H,3,12-13H2,1-2H3,(H2,22,23,24). The molecule has 6 nitrogen and oxygen atoms in total. The highest BCUT2D eigenvalue weighted by Gasteiger charge is 2.07. The number of rotatable bonds is 6. The zero-order valence-electron chi connectivity index (χ0n) is 15.5. The quantitative estimate of drug-likeness (QED) is 0.520. The molecule has 0 amide bonds. The lowest BCUT2D eigenvalue weighted by atomic mass is 10.1. The van der Waals surface area contributed by atoms with Crippen LogP contribution in [0.5, 0.6) is 0 Å². The monoisotopic (exact) mass is 366 g/mol. The van der Waals surface area contributed by atoms with E-state index in [9.17, 15) is 4.39 Å². The van der Waals surface area contributed by atoms with Crippen LogP contribution < -0.4 is 10.6 Å². The van der Waals surface area contributed by atoms with Crippen molar-refractivity contribution in [3.05, 3.63) is 77.6 Å². The Hall–Kier alpha value is -3.22. The zero-order chi connectivity index (χ0) is 19.1. The van der Waals surface area contributed by atoms with Crippen LogP contribution in [0.2, 0.25) is 0 Å². The minimum atomic E-state index is -0.201. The molecule has 0 spiro atoms. The number of aryl methyl sites for hydroxylation is 1. The second kappa shape index (κ2) is 8.93. The Kier molecular flexibility index (Phi) is 6.14. The van der Waals surface area contributed by atoms with Gasteiger partial charge in [0.25, 0.3) is 0 Å². The Morgan fingerprint density at radius 3 is 2.70 bits per heavy atom. The van der Waals surface area contributed by atoms with Crippen molar-refractivity contribution in [2.75, 3.05) is 6.54 Å². The second-order valence-corrected chi connectivity index (χ2v) is 6.08. The van der Waals surface area contributed by atoms with Crippen molar-refractivity contribution < 1.29 is 4.39 Å². The number of nitrogens with one attached hydrogen (secondary N) is 2. The SMILES string of the molecule is CCNC(=NCc1ccc(F)c(C)c1)NCc1nncn1-c1ccccc1. The number of guanidine groups is 1. The first-order valence-corrected chi connectivity index (χ1v) is 8.89. The number of halogens is 1. The van der Waals surface area contributed by atoms with Crippen LogP contribution in [0, 0.1) is 12.7 Å². The molecule has 140 valence electrons. The third-order valence-corrected chi connectivity index (χ3v) is 4.05. The average molecular weight is 366 g/mol. The first-order chi connectivity index (χ1) is 13.2. The first-order valence-electron chi connectivity index (χ1n) is 8.89. The van der Waals surface area contributed by atoms with Crippen molar-refractivity contribution in [1.82, 2.24) is 25.4 Å². The van der Waals surface area contributed by atoms with Crippen LogP contribution in [0.3, 0.4) is 0 Å². The van der Waals surface area contributed by atoms with E-state index < -0.39 is 0 Å². The van der Waals surface area contributed by atoms with Gasteiger partial charge < -0.3 is 10.6 Å². The van der Waals surface area contributed by atoms with E-state index in [0.717, 1.165) is 23.6 Å². The van der Waals surface area contributed by atoms with Gasteiger partial charge >= 0.3 is 0 Å². The predicted octanol–water partition coefficient (Wildman–Crippen LogP) is 2.97. The van der Waals surface area contributed by atoms with Crippen LogP contribution in [-0.2, 0) is 13.1 Å². The summed E-state index contributed by atoms with van der Waals surface area (Å²) < 4.78 is 15.3. The molecule has 2 N–H and O–H groups in total. The molecule has 7 heteroatoms. The number of aliphatic imine (C=N–C) groups is 1. The minimum Gasteiger partial charge on any atom is -0.357 e. The summed E-state index contributed by atoms with van der Waals surface area (Å²) >= 11 is 0. The highest BCUT2D eigenvalue weighted by atomic mass is 19.1. The number of para-hydroxylation sites is 1. The molecule has 0 unspecified atom stereocenters. The lowest BCUT2D eigenvalue weighted by Crippen LogP contribution is -2.37. The third kappa shape index (κ3) is 4.91. The van der Waals surface area contributed by atoms with E-state index in [0.29, 0.717) is 24.6 Å². The molecule has 0 saturated carbocycles. The summed E-state index contributed by atoms with van der Waals surface area (Å²) in [5.41, 5.74) is 2.58. The molecule has 0 aliphatic rings. The maximum atomic E-state index is 13.4. The largest absolute Gasteiger partial charge is 0.357 e. The lowest BCUT2D eigenvalue weighted by Gasteiger charge is -2.12. The number of benzene rings is 2. The molecule has 1 heterocycles. The second-order valence-electron chi connectivity index (χ2n) is 6.08. The third-order valence-electron chi connectivity index (χ3n) is 4.05. The Balaban J connectivity index is 1.68. The maximum absolute atomic E-state index is 13.4. The number of aromatic nitrogens is 3. The van der Waals surface area contributed by atoms with Crippen LogP contribution in [0.1, 0.15) is 23.9 Å². The van der Waals surface area contributed by atoms with Gasteiger partial charge in [-0.3, -0.25) is 4.57 Å². The van der Waals surface area contributed by atoms with E-state index >= 15 is 0 Å². The molecular formula is C20H23FN6. The van der Waals surface area contributed by atoms with Gasteiger partial charge in [-0.1, -0.05) is 30.3 Å². The summed E-state index contributed by atoms with van der Waals surface area (Å²) in [7, 11) is 0. The highest BCUT2D eigenvalue weighted by Crippen LogP contribution is 2.10. The van der Waals surface area contributed by atoms with E-state index in [4.69, 9.17) is 0 Å². The summed E-state index contributed by atoms with van der Waals surface area (Å²) in [6, 6.07) is 15.0. The summed E-state index contributed by atoms with van der Waals surface area (Å²) in [5.74, 6) is 1.25. The normalized spacial score (nSPS) is 11.4. The average Bonchev–Trinajstić information content (AvgIpc) is 3.16. The van der Waals surface area contributed by atoms with Crippen LogP contribution >= 0.6 is 0 Å². The molecule has 0 fully saturated rings. The minimum absolute atomic E-state index is 0.201. The fourth-order valence-electron chi connectivity index (χ4n) is 2.66. The van der Waals surface area contributed by atoms with E-state index in [1.165, 1.54) is 6.07 Å². The van der Waals surface area contributed by atoms with Crippen molar-refractivity contribution in [3.63, 3.8) is 0 Å². The summed E-state index contributed by atoms with van der Waals surface area (Å²) in [6.07, 6.45) is 1.69. The zero-order valence-corrected chi connectivity index (χ0v) is 15.5. The maximum Gasteiger partial charge on any atom is 0.191 e. The summed E-state index contributed by atoms with van der Waals surface area (Å²) in [4.78, 5) is 4.57. The molecule has 3 aromatic rings. The van der Waals surface area contributed by atoms with E-state index in [2.05, 4.69) is 25.8 Å². The molecular weight excluding hydrogens is 343 g/mol. The first kappa shape index (κ1) is 18.6. The Morgan fingerprint density at radius 2 is 1.96 bits per heavy atom. The van der Waals surface area contributed by atoms with Crippen molar-refractivity contribution in [2.24, 2.45) is 4.99 Å². The van der Waals surface area contributed by atoms with E-state index in [-0.39, 0.29) is 5.82 Å². The van der Waals surface area contributed by atoms with Crippen molar-refractivity contribution >= 4 is 5.96 Å². The topological polar surface area (TPSA) is 67.1 Å². The Labute approximate surface area is 158 Å². The molecule has 2 aromatic carbocycles. The van der Waals surface area contributed by atoms with Gasteiger partial charge in [0.1, 0.15) is 12.1 Å². The Morgan fingerprint density at radius 1 is 1.15 bits per heavy atom. The van der Waals surface area contributed by atoms with E-state index in [1.807, 2.05) is 47.9 Å². The fourth-order valence-corrected chi connectivity index (χ4v) is 2.66. The molecule has 27 heavy (non-hydrogen) atoms. The smallest absolute Gasteiger partial charge is 0.191 e. The van der Waals surface area contributed by atoms with Gasteiger partial charge in [0.2, 0.25) is 0 Å². The van der Waals surface area contributed by atoms with Gasteiger partial charge in [-0.25, -0.2) is 9.38 Å². The molecule has 0 aliphatic heterocycles. The number of hydrogen-bond acceptors (Lipinski definition) is 3. The molecule has 0 bridgehead atoms. The van der Waals surface area contributed by atoms with Crippen molar-refractivity contribution in [3.8, 4) is 5.69 Å². The lowest BCUT2D eigenvalue weighted by molar-refractivity contribution is 0.617. The number of nitrogens with zero attached hydrogens (tertiary/aromatic N) is 4. The van der Waals surface area contributed by atoms with Gasteiger partial charge in [-0.05, 0) is 43.2 Å². The summed E-state index contributed by atoms with van der Waals surface area (Å²) in [5, 5.41) is 14.7. The molecule has 0 saturated heterocycles. The van der Waals surface area contributed by atoms with Gasteiger partial charge in [0.05, 0.1) is 13.1 Å². The fraction of sp³-hybridized carbons (Fsp3) is 0.250.